The van der Waals surface area contributed by atoms with Crippen LogP contribution in [-0.4, -0.2) is 0 Å². The molecule has 0 aliphatic heterocycles. The highest BCUT2D eigenvalue weighted by Gasteiger charge is 2.17. The Morgan fingerprint density at radius 3 is 1.54 bits per heavy atom. The molecule has 0 atom stereocenters. The summed E-state index contributed by atoms with van der Waals surface area (Å²) in [6.45, 7) is 0. The van der Waals surface area contributed by atoms with Gasteiger partial charge < -0.3 is 4.42 Å². The van der Waals surface area contributed by atoms with E-state index in [9.17, 15) is 0 Å². The predicted octanol–water partition coefficient (Wildman–Crippen LogP) is 10.9. The first kappa shape index (κ1) is 14.1. The van der Waals surface area contributed by atoms with Crippen molar-refractivity contribution < 1.29 is 18.1 Å². The highest BCUT2D eigenvalue weighted by molar-refractivity contribution is 6.22. The first-order chi connectivity index (χ1) is 23.5. The molecule has 0 aliphatic rings. The van der Waals surface area contributed by atoms with Crippen LogP contribution in [0.15, 0.2) is 150 Å². The largest absolute Gasteiger partial charge is 0.456 e. The van der Waals surface area contributed by atoms with E-state index in [1.165, 1.54) is 0 Å². The minimum Gasteiger partial charge on any atom is -0.456 e. The number of benzene rings is 7. The van der Waals surface area contributed by atoms with Crippen LogP contribution in [0.3, 0.4) is 0 Å². The SMILES string of the molecule is [2H]c1c([2H])c([2H])c(-c2ccc3oc4cc(-c5c6ccccc6c(-c6c([2H])c([2H])c([2H])c([2H])c6[2H])c6ccccc56)ccc4c3c2)c([2H])c1[2H]. The monoisotopic (exact) mass is 506 g/mol. The van der Waals surface area contributed by atoms with Crippen LogP contribution >= 0.6 is 0 Å². The molecule has 0 amide bonds. The molecule has 0 radical (unpaired) electrons. The maximum atomic E-state index is 8.78. The van der Waals surface area contributed by atoms with Crippen molar-refractivity contribution in [3.05, 3.63) is 145 Å². The highest BCUT2D eigenvalue weighted by Crippen LogP contribution is 2.44. The van der Waals surface area contributed by atoms with E-state index in [4.69, 9.17) is 18.1 Å². The van der Waals surface area contributed by atoms with E-state index in [-0.39, 0.29) is 35.3 Å². The number of rotatable bonds is 3. The van der Waals surface area contributed by atoms with E-state index in [0.29, 0.717) is 22.3 Å². The van der Waals surface area contributed by atoms with Gasteiger partial charge in [0.15, 0.2) is 0 Å². The average molecular weight is 507 g/mol. The fourth-order valence-corrected chi connectivity index (χ4v) is 5.57. The Morgan fingerprint density at radius 1 is 0.385 bits per heavy atom. The minimum atomic E-state index is -0.442. The first-order valence-corrected chi connectivity index (χ1v) is 12.5. The van der Waals surface area contributed by atoms with Crippen LogP contribution in [0.1, 0.15) is 13.7 Å². The highest BCUT2D eigenvalue weighted by atomic mass is 16.3. The van der Waals surface area contributed by atoms with Crippen molar-refractivity contribution in [3.8, 4) is 33.4 Å². The van der Waals surface area contributed by atoms with Crippen molar-refractivity contribution in [1.29, 1.82) is 0 Å². The number of furan rings is 1. The molecule has 1 nitrogen and oxygen atoms in total. The number of hydrogen-bond donors (Lipinski definition) is 0. The zero-order valence-corrected chi connectivity index (χ0v) is 20.5. The molecule has 1 aromatic heterocycles. The third kappa shape index (κ3) is 3.48. The van der Waals surface area contributed by atoms with Gasteiger partial charge in [0.1, 0.15) is 11.2 Å². The maximum Gasteiger partial charge on any atom is 0.136 e. The second kappa shape index (κ2) is 8.72. The molecular weight excluding hydrogens is 472 g/mol. The van der Waals surface area contributed by atoms with Crippen molar-refractivity contribution in [3.63, 3.8) is 0 Å². The van der Waals surface area contributed by atoms with Crippen molar-refractivity contribution in [2.24, 2.45) is 0 Å². The third-order valence-electron chi connectivity index (χ3n) is 7.23. The summed E-state index contributed by atoms with van der Waals surface area (Å²) in [4.78, 5) is 0. The zero-order valence-electron chi connectivity index (χ0n) is 30.5. The summed E-state index contributed by atoms with van der Waals surface area (Å²) in [6.07, 6.45) is 0. The summed E-state index contributed by atoms with van der Waals surface area (Å²) in [7, 11) is 0. The maximum absolute atomic E-state index is 8.78. The summed E-state index contributed by atoms with van der Waals surface area (Å²) in [5.74, 6) is 0. The van der Waals surface area contributed by atoms with Gasteiger partial charge in [-0.3, -0.25) is 0 Å². The Hall–Kier alpha value is -5.14. The van der Waals surface area contributed by atoms with Gasteiger partial charge in [0.2, 0.25) is 0 Å². The van der Waals surface area contributed by atoms with Gasteiger partial charge in [-0.25, -0.2) is 0 Å². The molecular formula is C38H24O. The van der Waals surface area contributed by atoms with E-state index < -0.39 is 36.3 Å². The van der Waals surface area contributed by atoms with E-state index >= 15 is 0 Å². The Bertz CT molecular complexity index is 2620. The van der Waals surface area contributed by atoms with Crippen molar-refractivity contribution in [2.75, 3.05) is 0 Å². The van der Waals surface area contributed by atoms with E-state index in [0.717, 1.165) is 43.4 Å². The molecule has 1 heteroatoms. The number of hydrogen-bond acceptors (Lipinski definition) is 1. The van der Waals surface area contributed by atoms with Crippen LogP contribution in [0, 0.1) is 0 Å². The van der Waals surface area contributed by atoms with Crippen LogP contribution in [0.25, 0.3) is 76.9 Å². The normalized spacial score (nSPS) is 15.2. The molecule has 0 N–H and O–H groups in total. The lowest BCUT2D eigenvalue weighted by Crippen LogP contribution is -1.90. The summed E-state index contributed by atoms with van der Waals surface area (Å²) in [5, 5.41) is 4.67. The van der Waals surface area contributed by atoms with Gasteiger partial charge in [-0.15, -0.1) is 0 Å². The fourth-order valence-electron chi connectivity index (χ4n) is 5.57. The average Bonchev–Trinajstić information content (AvgIpc) is 3.48. The second-order valence-corrected chi connectivity index (χ2v) is 9.37. The molecule has 1 heterocycles. The zero-order chi connectivity index (χ0) is 34.5. The molecule has 0 spiro atoms. The van der Waals surface area contributed by atoms with Gasteiger partial charge in [-0.05, 0) is 79.2 Å². The lowest BCUT2D eigenvalue weighted by atomic mass is 9.86. The third-order valence-corrected chi connectivity index (χ3v) is 7.23. The molecule has 8 aromatic rings. The molecule has 8 rings (SSSR count). The van der Waals surface area contributed by atoms with Crippen LogP contribution in [0.5, 0.6) is 0 Å². The molecule has 0 fully saturated rings. The molecule has 0 saturated carbocycles. The van der Waals surface area contributed by atoms with E-state index in [2.05, 4.69) is 0 Å². The Balaban J connectivity index is 1.38. The van der Waals surface area contributed by atoms with Crippen molar-refractivity contribution >= 4 is 43.5 Å². The topological polar surface area (TPSA) is 13.1 Å². The molecule has 0 bridgehead atoms. The van der Waals surface area contributed by atoms with Crippen LogP contribution < -0.4 is 0 Å². The van der Waals surface area contributed by atoms with Crippen molar-refractivity contribution in [2.45, 2.75) is 0 Å². The van der Waals surface area contributed by atoms with E-state index in [1.54, 1.807) is 18.2 Å². The van der Waals surface area contributed by atoms with Crippen molar-refractivity contribution in [1.82, 2.24) is 0 Å². The van der Waals surface area contributed by atoms with Crippen LogP contribution in [0.4, 0.5) is 0 Å². The second-order valence-electron chi connectivity index (χ2n) is 9.37. The Labute approximate surface area is 240 Å². The fraction of sp³-hybridized carbons (Fsp3) is 0. The smallest absolute Gasteiger partial charge is 0.136 e. The summed E-state index contributed by atoms with van der Waals surface area (Å²) >= 11 is 0. The molecule has 7 aromatic carbocycles. The van der Waals surface area contributed by atoms with Gasteiger partial charge in [0.25, 0.3) is 0 Å². The van der Waals surface area contributed by atoms with Crippen LogP contribution in [0.2, 0.25) is 0 Å². The quantitative estimate of drug-likeness (QED) is 0.217. The summed E-state index contributed by atoms with van der Waals surface area (Å²) in [6, 6.07) is 22.9. The molecule has 182 valence electrons. The van der Waals surface area contributed by atoms with Gasteiger partial charge >= 0.3 is 0 Å². The lowest BCUT2D eigenvalue weighted by Gasteiger charge is -2.17. The molecule has 0 unspecified atom stereocenters. The van der Waals surface area contributed by atoms with Crippen LogP contribution in [-0.2, 0) is 0 Å². The standard InChI is InChI=1S/C38H24O/c1-3-11-25(12-4-1)27-20-22-35-34(23-27)29-21-19-28(24-36(29)39-35)38-32-17-9-7-15-30(32)37(26-13-5-2-6-14-26)31-16-8-10-18-33(31)38/h1-24H/i1D,2D,3D,4D,5D,6D,11D,12D,13D,14D. The molecule has 39 heavy (non-hydrogen) atoms. The van der Waals surface area contributed by atoms with Gasteiger partial charge in [-0.1, -0.05) is 121 Å². The molecule has 0 aliphatic carbocycles. The minimum absolute atomic E-state index is 0.121. The summed E-state index contributed by atoms with van der Waals surface area (Å²) in [5.41, 5.74) is 4.22. The Morgan fingerprint density at radius 2 is 0.923 bits per heavy atom. The molecule has 0 saturated heterocycles. The Kier molecular flexibility index (Phi) is 3.16. The first-order valence-electron chi connectivity index (χ1n) is 17.5. The predicted molar refractivity (Wildman–Crippen MR) is 165 cm³/mol. The number of fused-ring (bicyclic) bond motifs is 5. The van der Waals surface area contributed by atoms with Gasteiger partial charge in [-0.2, -0.15) is 0 Å². The van der Waals surface area contributed by atoms with Gasteiger partial charge in [0.05, 0.1) is 13.7 Å². The van der Waals surface area contributed by atoms with E-state index in [1.807, 2.05) is 66.7 Å². The van der Waals surface area contributed by atoms with Gasteiger partial charge in [0, 0.05) is 10.8 Å². The lowest BCUT2D eigenvalue weighted by molar-refractivity contribution is 0.669. The summed E-state index contributed by atoms with van der Waals surface area (Å²) < 4.78 is 89.8.